The predicted molar refractivity (Wildman–Crippen MR) is 112 cm³/mol. The molecule has 0 aliphatic heterocycles. The van der Waals surface area contributed by atoms with E-state index in [2.05, 4.69) is 4.98 Å². The smallest absolute Gasteiger partial charge is 0.242 e. The summed E-state index contributed by atoms with van der Waals surface area (Å²) >= 11 is 0. The Labute approximate surface area is 175 Å². The van der Waals surface area contributed by atoms with Crippen molar-refractivity contribution in [3.8, 4) is 5.75 Å². The van der Waals surface area contributed by atoms with Crippen LogP contribution in [-0.2, 0) is 23.2 Å². The van der Waals surface area contributed by atoms with E-state index in [1.165, 1.54) is 33.2 Å². The van der Waals surface area contributed by atoms with Gasteiger partial charge in [0.1, 0.15) is 24.0 Å². The molecule has 0 atom stereocenters. The molecule has 0 saturated carbocycles. The second kappa shape index (κ2) is 8.53. The van der Waals surface area contributed by atoms with Crippen LogP contribution in [0.3, 0.4) is 0 Å². The van der Waals surface area contributed by atoms with E-state index in [1.807, 2.05) is 11.5 Å². The van der Waals surface area contributed by atoms with E-state index >= 15 is 0 Å². The highest BCUT2D eigenvalue weighted by atomic mass is 32.2. The van der Waals surface area contributed by atoms with Crippen LogP contribution in [-0.4, -0.2) is 42.2 Å². The summed E-state index contributed by atoms with van der Waals surface area (Å²) in [6.45, 7) is 4.09. The minimum absolute atomic E-state index is 0.0519. The normalized spacial score (nSPS) is 11.9. The number of hydrogen-bond donors (Lipinski definition) is 0. The van der Waals surface area contributed by atoms with Gasteiger partial charge in [0.15, 0.2) is 5.78 Å². The van der Waals surface area contributed by atoms with Gasteiger partial charge in [0.25, 0.3) is 0 Å². The number of fused-ring (bicyclic) bond motifs is 1. The molecule has 0 N–H and O–H groups in total. The highest BCUT2D eigenvalue weighted by molar-refractivity contribution is 7.89. The maximum atomic E-state index is 13.5. The maximum Gasteiger partial charge on any atom is 0.242 e. The fourth-order valence-corrected chi connectivity index (χ4v) is 4.08. The lowest BCUT2D eigenvalue weighted by atomic mass is 10.1. The number of imidazole rings is 1. The van der Waals surface area contributed by atoms with Crippen molar-refractivity contribution >= 4 is 26.8 Å². The van der Waals surface area contributed by atoms with Crippen LogP contribution < -0.4 is 4.74 Å². The topological polar surface area (TPSA) is 81.5 Å². The first-order valence-corrected chi connectivity index (χ1v) is 10.9. The number of carbonyl (C=O) groups excluding carboxylic acids is 1. The van der Waals surface area contributed by atoms with Gasteiger partial charge in [0, 0.05) is 20.6 Å². The Morgan fingerprint density at radius 3 is 2.57 bits per heavy atom. The molecular weight excluding hydrogens is 409 g/mol. The molecule has 0 spiro atoms. The third-order valence-electron chi connectivity index (χ3n) is 4.70. The lowest BCUT2D eigenvalue weighted by molar-refractivity contribution is 0.101. The first kappa shape index (κ1) is 21.9. The van der Waals surface area contributed by atoms with Crippen molar-refractivity contribution in [2.45, 2.75) is 38.3 Å². The van der Waals surface area contributed by atoms with Gasteiger partial charge < -0.3 is 9.30 Å². The maximum absolute atomic E-state index is 13.5. The van der Waals surface area contributed by atoms with Crippen LogP contribution in [0.15, 0.2) is 41.3 Å². The number of ether oxygens (including phenoxy) is 1. The molecule has 30 heavy (non-hydrogen) atoms. The van der Waals surface area contributed by atoms with Gasteiger partial charge in [-0.05, 0) is 49.7 Å². The zero-order valence-corrected chi connectivity index (χ0v) is 18.2. The molecule has 1 heterocycles. The number of halogens is 1. The molecule has 0 amide bonds. The lowest BCUT2D eigenvalue weighted by Crippen LogP contribution is -2.22. The fourth-order valence-electron chi connectivity index (χ4n) is 3.16. The molecule has 3 rings (SSSR count). The highest BCUT2D eigenvalue weighted by Gasteiger charge is 2.20. The molecule has 0 fully saturated rings. The lowest BCUT2D eigenvalue weighted by Gasteiger charge is -2.12. The van der Waals surface area contributed by atoms with Crippen LogP contribution in [0.5, 0.6) is 5.75 Å². The zero-order valence-electron chi connectivity index (χ0n) is 17.3. The Morgan fingerprint density at radius 2 is 1.93 bits per heavy atom. The van der Waals surface area contributed by atoms with E-state index in [4.69, 9.17) is 4.74 Å². The highest BCUT2D eigenvalue weighted by Crippen LogP contribution is 2.25. The monoisotopic (exact) mass is 433 g/mol. The van der Waals surface area contributed by atoms with Crippen molar-refractivity contribution in [3.05, 3.63) is 53.6 Å². The number of aryl methyl sites for hydroxylation is 1. The van der Waals surface area contributed by atoms with Crippen LogP contribution in [0, 0.1) is 5.82 Å². The molecule has 0 aliphatic rings. The summed E-state index contributed by atoms with van der Waals surface area (Å²) in [4.78, 5) is 16.5. The summed E-state index contributed by atoms with van der Waals surface area (Å²) < 4.78 is 47.3. The summed E-state index contributed by atoms with van der Waals surface area (Å²) in [5, 5.41) is 0. The van der Waals surface area contributed by atoms with E-state index < -0.39 is 15.8 Å². The molecule has 0 aliphatic carbocycles. The van der Waals surface area contributed by atoms with E-state index in [0.717, 1.165) is 22.3 Å². The minimum atomic E-state index is -3.58. The van der Waals surface area contributed by atoms with Crippen molar-refractivity contribution in [1.82, 2.24) is 13.9 Å². The molecule has 160 valence electrons. The SMILES string of the molecule is CCCn1c(COc2ccc(F)cc2C(C)=O)nc2cc(S(=O)(=O)N(C)C)ccc21. The predicted octanol–water partition coefficient (Wildman–Crippen LogP) is 3.62. The van der Waals surface area contributed by atoms with Crippen molar-refractivity contribution in [1.29, 1.82) is 0 Å². The molecule has 3 aromatic rings. The van der Waals surface area contributed by atoms with Gasteiger partial charge in [-0.2, -0.15) is 0 Å². The fraction of sp³-hybridized carbons (Fsp3) is 0.333. The van der Waals surface area contributed by atoms with Crippen molar-refractivity contribution in [3.63, 3.8) is 0 Å². The minimum Gasteiger partial charge on any atom is -0.485 e. The Balaban J connectivity index is 1.99. The Hall–Kier alpha value is -2.78. The van der Waals surface area contributed by atoms with Crippen LogP contribution in [0.4, 0.5) is 4.39 Å². The van der Waals surface area contributed by atoms with Gasteiger partial charge in [0.2, 0.25) is 10.0 Å². The summed E-state index contributed by atoms with van der Waals surface area (Å²) in [5.74, 6) is 0.0467. The van der Waals surface area contributed by atoms with Crippen LogP contribution in [0.25, 0.3) is 11.0 Å². The van der Waals surface area contributed by atoms with Crippen molar-refractivity contribution in [2.24, 2.45) is 0 Å². The average Bonchev–Trinajstić information content (AvgIpc) is 3.03. The summed E-state index contributed by atoms with van der Waals surface area (Å²) in [6, 6.07) is 8.63. The number of sulfonamides is 1. The quantitative estimate of drug-likeness (QED) is 0.507. The Morgan fingerprint density at radius 1 is 1.20 bits per heavy atom. The summed E-state index contributed by atoms with van der Waals surface area (Å²) in [6.07, 6.45) is 0.839. The molecular formula is C21H24FN3O4S. The molecule has 7 nitrogen and oxygen atoms in total. The number of rotatable bonds is 8. The van der Waals surface area contributed by atoms with Crippen LogP contribution >= 0.6 is 0 Å². The molecule has 2 aromatic carbocycles. The third-order valence-corrected chi connectivity index (χ3v) is 6.51. The van der Waals surface area contributed by atoms with Gasteiger partial charge in [0.05, 0.1) is 21.5 Å². The van der Waals surface area contributed by atoms with Crippen LogP contribution in [0.2, 0.25) is 0 Å². The molecule has 1 aromatic heterocycles. The summed E-state index contributed by atoms with van der Waals surface area (Å²) in [7, 11) is -0.627. The number of aromatic nitrogens is 2. The molecule has 0 bridgehead atoms. The number of carbonyl (C=O) groups is 1. The van der Waals surface area contributed by atoms with Gasteiger partial charge in [-0.1, -0.05) is 6.92 Å². The number of Topliss-reactive ketones (excluding diaryl/α,β-unsaturated/α-hetero) is 1. The van der Waals surface area contributed by atoms with E-state index in [1.54, 1.807) is 18.2 Å². The van der Waals surface area contributed by atoms with Gasteiger partial charge in [-0.15, -0.1) is 0 Å². The molecule has 0 saturated heterocycles. The van der Waals surface area contributed by atoms with E-state index in [-0.39, 0.29) is 28.6 Å². The third kappa shape index (κ3) is 4.22. The van der Waals surface area contributed by atoms with Gasteiger partial charge in [-0.3, -0.25) is 4.79 Å². The first-order valence-electron chi connectivity index (χ1n) is 9.50. The van der Waals surface area contributed by atoms with E-state index in [0.29, 0.717) is 17.9 Å². The van der Waals surface area contributed by atoms with Gasteiger partial charge in [-0.25, -0.2) is 22.1 Å². The van der Waals surface area contributed by atoms with Crippen molar-refractivity contribution in [2.75, 3.05) is 14.1 Å². The van der Waals surface area contributed by atoms with E-state index in [9.17, 15) is 17.6 Å². The number of nitrogens with zero attached hydrogens (tertiary/aromatic N) is 3. The number of benzene rings is 2. The first-order chi connectivity index (χ1) is 14.1. The molecule has 0 unspecified atom stereocenters. The van der Waals surface area contributed by atoms with Crippen LogP contribution in [0.1, 0.15) is 36.5 Å². The standard InChI is InChI=1S/C21H24FN3O4S/c1-5-10-25-19-8-7-16(30(27,28)24(3)4)12-18(19)23-21(25)13-29-20-9-6-15(22)11-17(20)14(2)26/h6-9,11-12H,5,10,13H2,1-4H3. The second-order valence-corrected chi connectivity index (χ2v) is 9.25. The zero-order chi connectivity index (χ0) is 22.1. The summed E-state index contributed by atoms with van der Waals surface area (Å²) in [5.41, 5.74) is 1.49. The Bertz CT molecular complexity index is 1200. The van der Waals surface area contributed by atoms with Crippen molar-refractivity contribution < 1.29 is 22.3 Å². The Kier molecular flexibility index (Phi) is 6.23. The second-order valence-electron chi connectivity index (χ2n) is 7.10. The van der Waals surface area contributed by atoms with Gasteiger partial charge >= 0.3 is 0 Å². The number of ketones is 1. The largest absolute Gasteiger partial charge is 0.485 e. The number of hydrogen-bond acceptors (Lipinski definition) is 5. The molecule has 9 heteroatoms. The average molecular weight is 434 g/mol. The molecule has 0 radical (unpaired) electrons.